The van der Waals surface area contributed by atoms with Crippen LogP contribution >= 0.6 is 12.2 Å². The van der Waals surface area contributed by atoms with Crippen molar-refractivity contribution in [1.82, 2.24) is 10.9 Å². The highest BCUT2D eigenvalue weighted by Crippen LogP contribution is 2.35. The van der Waals surface area contributed by atoms with Crippen LogP contribution in [0.2, 0.25) is 0 Å². The molecular formula is C27H39N3O17S. The largest absolute Gasteiger partial charge is 0.463 e. The third-order valence-electron chi connectivity index (χ3n) is 6.27. The minimum atomic E-state index is -1.80. The first kappa shape index (κ1) is 40.0. The molecule has 0 bridgehead atoms. The van der Waals surface area contributed by atoms with Gasteiger partial charge in [0.2, 0.25) is 0 Å². The van der Waals surface area contributed by atoms with E-state index < -0.39 is 116 Å². The van der Waals surface area contributed by atoms with Crippen molar-refractivity contribution in [3.05, 3.63) is 0 Å². The standard InChI is InChI=1S/C27H39N3O17S/c1-10(31)38-8-17-20(21(41-13(4)34)23(43-15(6)36)25(45-17)29-30-27(28)48)47-26-24(44-16(7)37)22(42-14(5)35)19(40-12(3)33)18(46-26)9-39-11(2)32/h17-26,29H,8-9H2,1-7H3,(H3,28,30,48)/t17-,18-,19+,20-,21+,22+,23-,24-,25-,26+/m1/s1. The van der Waals surface area contributed by atoms with Crippen LogP contribution in [0.3, 0.4) is 0 Å². The molecule has 0 aromatic heterocycles. The van der Waals surface area contributed by atoms with E-state index in [-0.39, 0.29) is 5.11 Å². The number of rotatable bonds is 13. The van der Waals surface area contributed by atoms with E-state index in [1.165, 1.54) is 0 Å². The average Bonchev–Trinajstić information content (AvgIpc) is 2.94. The molecule has 0 unspecified atom stereocenters. The van der Waals surface area contributed by atoms with Crippen molar-refractivity contribution in [1.29, 1.82) is 0 Å². The number of esters is 7. The number of carbonyl (C=O) groups excluding carboxylic acids is 7. The summed E-state index contributed by atoms with van der Waals surface area (Å²) in [5.41, 5.74) is 10.5. The predicted octanol–water partition coefficient (Wildman–Crippen LogP) is -2.06. The van der Waals surface area contributed by atoms with Crippen molar-refractivity contribution >= 4 is 59.1 Å². The van der Waals surface area contributed by atoms with E-state index in [0.29, 0.717) is 0 Å². The van der Waals surface area contributed by atoms with E-state index in [1.807, 2.05) is 0 Å². The normalized spacial score (nSPS) is 29.6. The maximum absolute atomic E-state index is 12.4. The molecule has 2 heterocycles. The van der Waals surface area contributed by atoms with E-state index in [0.717, 1.165) is 48.5 Å². The first-order valence-electron chi connectivity index (χ1n) is 14.3. The molecule has 2 rings (SSSR count). The lowest BCUT2D eigenvalue weighted by atomic mass is 9.95. The number of hydrazine groups is 1. The fourth-order valence-electron chi connectivity index (χ4n) is 4.77. The van der Waals surface area contributed by atoms with Crippen LogP contribution in [-0.4, -0.2) is 121 Å². The second kappa shape index (κ2) is 18.4. The average molecular weight is 710 g/mol. The summed E-state index contributed by atoms with van der Waals surface area (Å²) in [7, 11) is 0. The summed E-state index contributed by atoms with van der Waals surface area (Å²) >= 11 is 4.81. The Hall–Kier alpha value is -4.18. The molecule has 10 atom stereocenters. The topological polar surface area (TPSA) is 262 Å². The summed E-state index contributed by atoms with van der Waals surface area (Å²) in [5, 5.41) is -0.253. The highest BCUT2D eigenvalue weighted by molar-refractivity contribution is 7.80. The van der Waals surface area contributed by atoms with Crippen molar-refractivity contribution in [2.24, 2.45) is 5.73 Å². The molecule has 2 fully saturated rings. The van der Waals surface area contributed by atoms with Gasteiger partial charge in [-0.15, -0.1) is 0 Å². The van der Waals surface area contributed by atoms with Crippen molar-refractivity contribution in [3.63, 3.8) is 0 Å². The molecule has 21 heteroatoms. The van der Waals surface area contributed by atoms with E-state index in [4.69, 9.17) is 65.3 Å². The zero-order chi connectivity index (χ0) is 36.3. The first-order chi connectivity index (χ1) is 22.4. The highest BCUT2D eigenvalue weighted by atomic mass is 32.1. The Bertz CT molecular complexity index is 1230. The van der Waals surface area contributed by atoms with Crippen LogP contribution in [0.15, 0.2) is 0 Å². The van der Waals surface area contributed by atoms with Gasteiger partial charge in [-0.25, -0.2) is 5.43 Å². The lowest BCUT2D eigenvalue weighted by Crippen LogP contribution is -2.69. The van der Waals surface area contributed by atoms with Crippen LogP contribution in [0.5, 0.6) is 0 Å². The SMILES string of the molecule is CC(=O)OC[C@H]1O[C@@H](O[C@H]2[C@H](OC(C)=O)[C@@H](OC(C)=O)[C@H](NNC(N)=S)O[C@@H]2COC(C)=O)[C@H](OC(C)=O)[C@@H](OC(C)=O)[C@H]1OC(C)=O. The van der Waals surface area contributed by atoms with Crippen molar-refractivity contribution in [3.8, 4) is 0 Å². The van der Waals surface area contributed by atoms with Crippen LogP contribution in [0.1, 0.15) is 48.5 Å². The third kappa shape index (κ3) is 12.4. The third-order valence-corrected chi connectivity index (χ3v) is 6.37. The van der Waals surface area contributed by atoms with Gasteiger partial charge in [-0.1, -0.05) is 0 Å². The summed E-state index contributed by atoms with van der Waals surface area (Å²) in [4.78, 5) is 84.7. The number of thiocarbonyl (C=S) groups is 1. The number of nitrogens with two attached hydrogens (primary N) is 1. The van der Waals surface area contributed by atoms with Crippen LogP contribution in [-0.2, 0) is 80.9 Å². The molecule has 270 valence electrons. The molecule has 2 aliphatic rings. The van der Waals surface area contributed by atoms with Crippen LogP contribution in [0.25, 0.3) is 0 Å². The minimum Gasteiger partial charge on any atom is -0.463 e. The highest BCUT2D eigenvalue weighted by Gasteiger charge is 2.57. The Balaban J connectivity index is 2.72. The Kier molecular flexibility index (Phi) is 15.3. The van der Waals surface area contributed by atoms with Gasteiger partial charge in [-0.3, -0.25) is 39.0 Å². The molecule has 0 spiro atoms. The Morgan fingerprint density at radius 3 is 1.40 bits per heavy atom. The van der Waals surface area contributed by atoms with Crippen molar-refractivity contribution in [2.45, 2.75) is 110 Å². The molecule has 0 aromatic carbocycles. The van der Waals surface area contributed by atoms with Crippen LogP contribution in [0, 0.1) is 0 Å². The maximum atomic E-state index is 12.4. The van der Waals surface area contributed by atoms with Gasteiger partial charge in [0.25, 0.3) is 0 Å². The van der Waals surface area contributed by atoms with Crippen molar-refractivity contribution < 1.29 is 80.9 Å². The van der Waals surface area contributed by atoms with E-state index in [2.05, 4.69) is 10.9 Å². The zero-order valence-corrected chi connectivity index (χ0v) is 27.9. The summed E-state index contributed by atoms with van der Waals surface area (Å²) in [6, 6.07) is 0. The maximum Gasteiger partial charge on any atom is 0.303 e. The second-order valence-electron chi connectivity index (χ2n) is 10.3. The summed E-state index contributed by atoms with van der Waals surface area (Å²) in [6.45, 7) is 6.27. The number of carbonyl (C=O) groups is 7. The predicted molar refractivity (Wildman–Crippen MR) is 156 cm³/mol. The number of hydrogen-bond acceptors (Lipinski definition) is 19. The molecule has 0 saturated carbocycles. The van der Waals surface area contributed by atoms with Gasteiger partial charge in [0.1, 0.15) is 31.5 Å². The molecule has 2 aliphatic heterocycles. The van der Waals surface area contributed by atoms with E-state index >= 15 is 0 Å². The lowest BCUT2D eigenvalue weighted by molar-refractivity contribution is -0.346. The minimum absolute atomic E-state index is 0.253. The van der Waals surface area contributed by atoms with Gasteiger partial charge in [0, 0.05) is 48.5 Å². The molecule has 48 heavy (non-hydrogen) atoms. The second-order valence-corrected chi connectivity index (χ2v) is 10.8. The molecule has 4 N–H and O–H groups in total. The van der Waals surface area contributed by atoms with Gasteiger partial charge in [0.05, 0.1) is 0 Å². The van der Waals surface area contributed by atoms with Gasteiger partial charge in [-0.2, -0.15) is 0 Å². The monoisotopic (exact) mass is 709 g/mol. The van der Waals surface area contributed by atoms with Crippen LogP contribution in [0.4, 0.5) is 0 Å². The van der Waals surface area contributed by atoms with E-state index in [9.17, 15) is 33.6 Å². The van der Waals surface area contributed by atoms with Crippen molar-refractivity contribution in [2.75, 3.05) is 13.2 Å². The fraction of sp³-hybridized carbons (Fsp3) is 0.704. The number of ether oxygens (including phenoxy) is 10. The van der Waals surface area contributed by atoms with Crippen LogP contribution < -0.4 is 16.6 Å². The van der Waals surface area contributed by atoms with Gasteiger partial charge in [0.15, 0.2) is 48.2 Å². The van der Waals surface area contributed by atoms with Gasteiger partial charge < -0.3 is 53.1 Å². The zero-order valence-electron chi connectivity index (χ0n) is 27.1. The van der Waals surface area contributed by atoms with Gasteiger partial charge in [-0.05, 0) is 12.2 Å². The summed E-state index contributed by atoms with van der Waals surface area (Å²) in [6.07, 6.45) is -15.5. The Morgan fingerprint density at radius 2 is 0.958 bits per heavy atom. The molecule has 0 aromatic rings. The summed E-state index contributed by atoms with van der Waals surface area (Å²) < 4.78 is 55.7. The Labute approximate surface area is 279 Å². The fourth-order valence-corrected chi connectivity index (χ4v) is 4.83. The number of hydrogen-bond donors (Lipinski definition) is 3. The lowest BCUT2D eigenvalue weighted by Gasteiger charge is -2.48. The molecule has 0 aliphatic carbocycles. The first-order valence-corrected chi connectivity index (χ1v) is 14.7. The Morgan fingerprint density at radius 1 is 0.562 bits per heavy atom. The summed E-state index contributed by atoms with van der Waals surface area (Å²) in [5.74, 6) is -5.93. The number of nitrogens with one attached hydrogen (secondary N) is 2. The smallest absolute Gasteiger partial charge is 0.303 e. The molecular weight excluding hydrogens is 670 g/mol. The van der Waals surface area contributed by atoms with E-state index in [1.54, 1.807) is 0 Å². The quantitative estimate of drug-likeness (QED) is 0.0803. The molecule has 20 nitrogen and oxygen atoms in total. The molecule has 0 amide bonds. The molecule has 2 saturated heterocycles. The molecule has 0 radical (unpaired) electrons. The van der Waals surface area contributed by atoms with Gasteiger partial charge >= 0.3 is 41.8 Å².